The molecule has 0 aliphatic carbocycles. The van der Waals surface area contributed by atoms with E-state index in [1.165, 1.54) is 5.57 Å². The van der Waals surface area contributed by atoms with Crippen LogP contribution in [0.4, 0.5) is 17.1 Å². The van der Waals surface area contributed by atoms with Gasteiger partial charge in [0.2, 0.25) is 0 Å². The van der Waals surface area contributed by atoms with Gasteiger partial charge in [0.05, 0.1) is 0 Å². The third-order valence-electron chi connectivity index (χ3n) is 6.07. The number of hydrogen-bond donors (Lipinski definition) is 0. The van der Waals surface area contributed by atoms with E-state index < -0.39 is 0 Å². The Morgan fingerprint density at radius 3 is 1.41 bits per heavy atom. The summed E-state index contributed by atoms with van der Waals surface area (Å²) in [6, 6.07) is 46.1. The minimum atomic E-state index is 0.892. The lowest BCUT2D eigenvalue weighted by Gasteiger charge is -2.25. The van der Waals surface area contributed by atoms with Crippen molar-refractivity contribution in [1.82, 2.24) is 0 Å². The van der Waals surface area contributed by atoms with Crippen LogP contribution in [0.25, 0.3) is 11.6 Å². The van der Waals surface area contributed by atoms with Crippen molar-refractivity contribution in [2.75, 3.05) is 4.90 Å². The maximum Gasteiger partial charge on any atom is 0.135 e. The number of rotatable bonds is 4. The van der Waals surface area contributed by atoms with Gasteiger partial charge in [-0.2, -0.15) is 0 Å². The van der Waals surface area contributed by atoms with Gasteiger partial charge in [0, 0.05) is 28.2 Å². The highest BCUT2D eigenvalue weighted by Gasteiger charge is 2.21. The Labute approximate surface area is 200 Å². The molecule has 0 N–H and O–H groups in total. The number of benzene rings is 5. The van der Waals surface area contributed by atoms with Gasteiger partial charge < -0.3 is 9.64 Å². The molecule has 0 amide bonds. The van der Waals surface area contributed by atoms with Gasteiger partial charge in [-0.25, -0.2) is 0 Å². The van der Waals surface area contributed by atoms with Crippen LogP contribution in [0.5, 0.6) is 11.5 Å². The Morgan fingerprint density at radius 2 is 0.882 bits per heavy atom. The van der Waals surface area contributed by atoms with Crippen molar-refractivity contribution >= 4 is 28.7 Å². The molecule has 2 nitrogen and oxygen atoms in total. The monoisotopic (exact) mass is 437 g/mol. The largest absolute Gasteiger partial charge is 0.456 e. The molecule has 2 heteroatoms. The Kier molecular flexibility index (Phi) is 5.17. The number of ether oxygens (including phenoxy) is 1. The topological polar surface area (TPSA) is 12.5 Å². The fourth-order valence-corrected chi connectivity index (χ4v) is 4.46. The van der Waals surface area contributed by atoms with Gasteiger partial charge >= 0.3 is 0 Å². The van der Waals surface area contributed by atoms with Crippen LogP contribution in [0.15, 0.2) is 133 Å². The van der Waals surface area contributed by atoms with E-state index in [1.54, 1.807) is 0 Å². The lowest BCUT2D eigenvalue weighted by Crippen LogP contribution is -2.09. The minimum Gasteiger partial charge on any atom is -0.456 e. The molecule has 0 spiro atoms. The molecule has 0 bridgehead atoms. The fourth-order valence-electron chi connectivity index (χ4n) is 4.46. The zero-order valence-corrected chi connectivity index (χ0v) is 18.6. The maximum absolute atomic E-state index is 6.15. The lowest BCUT2D eigenvalue weighted by molar-refractivity contribution is 0.474. The van der Waals surface area contributed by atoms with E-state index >= 15 is 0 Å². The van der Waals surface area contributed by atoms with Crippen molar-refractivity contribution in [3.8, 4) is 11.5 Å². The number of hydrogen-bond acceptors (Lipinski definition) is 2. The quantitative estimate of drug-likeness (QED) is 0.273. The summed E-state index contributed by atoms with van der Waals surface area (Å²) in [5, 5.41) is 0. The van der Waals surface area contributed by atoms with Gasteiger partial charge in [-0.15, -0.1) is 0 Å². The molecule has 1 heterocycles. The van der Waals surface area contributed by atoms with Gasteiger partial charge in [-0.1, -0.05) is 84.9 Å². The molecule has 1 aliphatic heterocycles. The summed E-state index contributed by atoms with van der Waals surface area (Å²) in [4.78, 5) is 2.27. The third kappa shape index (κ3) is 3.76. The van der Waals surface area contributed by atoms with Crippen molar-refractivity contribution in [3.63, 3.8) is 0 Å². The highest BCUT2D eigenvalue weighted by atomic mass is 16.5. The van der Waals surface area contributed by atoms with Crippen LogP contribution in [0, 0.1) is 0 Å². The van der Waals surface area contributed by atoms with Crippen molar-refractivity contribution in [2.24, 2.45) is 0 Å². The van der Waals surface area contributed by atoms with Crippen LogP contribution in [-0.4, -0.2) is 0 Å². The molecular formula is C32H23NO. The van der Waals surface area contributed by atoms with Crippen molar-refractivity contribution in [2.45, 2.75) is 0 Å². The van der Waals surface area contributed by atoms with Crippen molar-refractivity contribution in [1.29, 1.82) is 0 Å². The van der Waals surface area contributed by atoms with Gasteiger partial charge in [-0.05, 0) is 65.7 Å². The first-order chi connectivity index (χ1) is 16.9. The molecule has 0 aromatic heterocycles. The second-order valence-corrected chi connectivity index (χ2v) is 8.25. The number of anilines is 3. The van der Waals surface area contributed by atoms with E-state index in [0.29, 0.717) is 0 Å². The fraction of sp³-hybridized carbons (Fsp3) is 0. The molecule has 0 unspecified atom stereocenters. The molecule has 5 aromatic carbocycles. The summed E-state index contributed by atoms with van der Waals surface area (Å²) in [7, 11) is 0. The van der Waals surface area contributed by atoms with E-state index in [-0.39, 0.29) is 0 Å². The Bertz CT molecular complexity index is 1370. The smallest absolute Gasteiger partial charge is 0.135 e. The molecule has 6 rings (SSSR count). The van der Waals surface area contributed by atoms with Crippen LogP contribution in [0.2, 0.25) is 0 Å². The third-order valence-corrected chi connectivity index (χ3v) is 6.07. The number of fused-ring (bicyclic) bond motifs is 2. The predicted octanol–water partition coefficient (Wildman–Crippen LogP) is 8.85. The first-order valence-corrected chi connectivity index (χ1v) is 11.5. The van der Waals surface area contributed by atoms with E-state index in [1.807, 2.05) is 36.4 Å². The van der Waals surface area contributed by atoms with E-state index in [9.17, 15) is 0 Å². The zero-order valence-electron chi connectivity index (χ0n) is 18.6. The molecule has 0 saturated carbocycles. The van der Waals surface area contributed by atoms with Gasteiger partial charge in [-0.3, -0.25) is 0 Å². The summed E-state index contributed by atoms with van der Waals surface area (Å²) in [5.41, 5.74) is 7.92. The van der Waals surface area contributed by atoms with Crippen LogP contribution in [0.1, 0.15) is 16.7 Å². The minimum absolute atomic E-state index is 0.892. The molecule has 0 radical (unpaired) electrons. The van der Waals surface area contributed by atoms with Crippen LogP contribution >= 0.6 is 0 Å². The second kappa shape index (κ2) is 8.76. The molecule has 34 heavy (non-hydrogen) atoms. The highest BCUT2D eigenvalue weighted by molar-refractivity contribution is 5.97. The van der Waals surface area contributed by atoms with Crippen molar-refractivity contribution < 1.29 is 4.74 Å². The molecule has 1 aliphatic rings. The summed E-state index contributed by atoms with van der Waals surface area (Å²) in [6.07, 6.45) is 2.25. The predicted molar refractivity (Wildman–Crippen MR) is 141 cm³/mol. The van der Waals surface area contributed by atoms with E-state index in [4.69, 9.17) is 4.74 Å². The lowest BCUT2D eigenvalue weighted by atomic mass is 9.92. The highest BCUT2D eigenvalue weighted by Crippen LogP contribution is 2.44. The average Bonchev–Trinajstić information content (AvgIpc) is 2.91. The second-order valence-electron chi connectivity index (χ2n) is 8.25. The normalized spacial score (nSPS) is 11.7. The van der Waals surface area contributed by atoms with E-state index in [2.05, 4.69) is 108 Å². The van der Waals surface area contributed by atoms with Gasteiger partial charge in [0.25, 0.3) is 0 Å². The average molecular weight is 438 g/mol. The molecule has 5 aromatic rings. The Hall–Kier alpha value is -4.56. The number of nitrogens with zero attached hydrogens (tertiary/aromatic N) is 1. The summed E-state index contributed by atoms with van der Waals surface area (Å²) < 4.78 is 6.15. The van der Waals surface area contributed by atoms with Crippen LogP contribution < -0.4 is 9.64 Å². The summed E-state index contributed by atoms with van der Waals surface area (Å²) >= 11 is 0. The number of para-hydroxylation sites is 4. The molecule has 0 fully saturated rings. The standard InChI is InChI=1S/C32H23NO/c1-3-11-25(12-4-1)33(26-13-5-2-6-14-26)27-21-19-24(20-22-27)23-30-28-15-7-9-17-31(28)34-32-18-10-8-16-29(30)32/h1-23H. The Morgan fingerprint density at radius 1 is 0.441 bits per heavy atom. The van der Waals surface area contributed by atoms with Gasteiger partial charge in [0.15, 0.2) is 0 Å². The molecule has 0 atom stereocenters. The summed E-state index contributed by atoms with van der Waals surface area (Å²) in [5.74, 6) is 1.78. The molecular weight excluding hydrogens is 414 g/mol. The SMILES string of the molecule is C(=C1c2ccccc2Oc2ccccc21)c1ccc(N(c2ccccc2)c2ccccc2)cc1. The summed E-state index contributed by atoms with van der Waals surface area (Å²) in [6.45, 7) is 0. The Balaban J connectivity index is 1.42. The zero-order chi connectivity index (χ0) is 22.7. The van der Waals surface area contributed by atoms with E-state index in [0.717, 1.165) is 45.3 Å². The molecule has 0 saturated heterocycles. The first kappa shape index (κ1) is 20.1. The van der Waals surface area contributed by atoms with Crippen LogP contribution in [-0.2, 0) is 0 Å². The van der Waals surface area contributed by atoms with Gasteiger partial charge in [0.1, 0.15) is 11.5 Å². The van der Waals surface area contributed by atoms with Crippen LogP contribution in [0.3, 0.4) is 0 Å². The van der Waals surface area contributed by atoms with Crippen molar-refractivity contribution in [3.05, 3.63) is 150 Å². The first-order valence-electron chi connectivity index (χ1n) is 11.5. The molecule has 162 valence electrons. The maximum atomic E-state index is 6.15.